The van der Waals surface area contributed by atoms with E-state index in [1.54, 1.807) is 12.1 Å². The van der Waals surface area contributed by atoms with E-state index < -0.39 is 4.92 Å². The Bertz CT molecular complexity index is 684. The van der Waals surface area contributed by atoms with Crippen LogP contribution in [0.1, 0.15) is 29.9 Å². The molecule has 0 radical (unpaired) electrons. The lowest BCUT2D eigenvalue weighted by Gasteiger charge is -2.08. The lowest BCUT2D eigenvalue weighted by molar-refractivity contribution is -0.385. The lowest BCUT2D eigenvalue weighted by atomic mass is 10.1. The van der Waals surface area contributed by atoms with E-state index in [1.807, 2.05) is 0 Å². The summed E-state index contributed by atoms with van der Waals surface area (Å²) in [6.07, 6.45) is 2.60. The molecule has 3 rings (SSSR count). The van der Waals surface area contributed by atoms with Gasteiger partial charge in [0.2, 0.25) is 0 Å². The molecule has 0 heterocycles. The van der Waals surface area contributed by atoms with Gasteiger partial charge < -0.3 is 5.32 Å². The number of hydrogen-bond donors (Lipinski definition) is 1. The Morgan fingerprint density at radius 3 is 2.71 bits per heavy atom. The molecule has 4 nitrogen and oxygen atoms in total. The maximum Gasteiger partial charge on any atom is 0.283 e. The fourth-order valence-electron chi connectivity index (χ4n) is 2.34. The lowest BCUT2D eigenvalue weighted by Crippen LogP contribution is -2.00. The van der Waals surface area contributed by atoms with Crippen molar-refractivity contribution in [3.8, 4) is 0 Å². The van der Waals surface area contributed by atoms with E-state index in [9.17, 15) is 10.1 Å². The number of nitro groups is 1. The van der Waals surface area contributed by atoms with E-state index in [2.05, 4.69) is 45.5 Å². The van der Waals surface area contributed by atoms with Crippen molar-refractivity contribution >= 4 is 27.3 Å². The van der Waals surface area contributed by atoms with Crippen LogP contribution < -0.4 is 5.32 Å². The monoisotopic (exact) mass is 346 g/mol. The maximum atomic E-state index is 10.8. The number of hydrogen-bond acceptors (Lipinski definition) is 3. The summed E-state index contributed by atoms with van der Waals surface area (Å²) in [5, 5.41) is 14.1. The summed E-state index contributed by atoms with van der Waals surface area (Å²) < 4.78 is 0.490. The van der Waals surface area contributed by atoms with Crippen LogP contribution in [0.4, 0.5) is 11.4 Å². The standard InChI is InChI=1S/C16H15BrN2O2/c17-15-9-14(6-7-16(15)19(20)21)18-10-11-2-1-3-13(8-11)12-4-5-12/h1-3,6-9,12,18H,4-5,10H2. The highest BCUT2D eigenvalue weighted by Gasteiger charge is 2.23. The number of nitrogens with zero attached hydrogens (tertiary/aromatic N) is 1. The second-order valence-electron chi connectivity index (χ2n) is 5.30. The number of benzene rings is 2. The predicted octanol–water partition coefficient (Wildman–Crippen LogP) is 4.85. The SMILES string of the molecule is O=[N+]([O-])c1ccc(NCc2cccc(C3CC3)c2)cc1Br. The molecule has 0 atom stereocenters. The van der Waals surface area contributed by atoms with Crippen LogP contribution >= 0.6 is 15.9 Å². The molecule has 1 aliphatic carbocycles. The molecule has 21 heavy (non-hydrogen) atoms. The summed E-state index contributed by atoms with van der Waals surface area (Å²) in [5.74, 6) is 0.749. The third-order valence-electron chi connectivity index (χ3n) is 3.64. The fourth-order valence-corrected chi connectivity index (χ4v) is 2.87. The molecule has 0 spiro atoms. The molecule has 2 aromatic rings. The molecule has 0 bridgehead atoms. The van der Waals surface area contributed by atoms with E-state index in [1.165, 1.54) is 30.0 Å². The second kappa shape index (κ2) is 5.85. The van der Waals surface area contributed by atoms with Gasteiger partial charge >= 0.3 is 0 Å². The summed E-state index contributed by atoms with van der Waals surface area (Å²) in [5.41, 5.74) is 3.59. The molecule has 1 N–H and O–H groups in total. The largest absolute Gasteiger partial charge is 0.381 e. The molecule has 5 heteroatoms. The second-order valence-corrected chi connectivity index (χ2v) is 6.15. The Kier molecular flexibility index (Phi) is 3.92. The molecule has 1 aliphatic rings. The van der Waals surface area contributed by atoms with E-state index in [4.69, 9.17) is 0 Å². The molecule has 108 valence electrons. The third-order valence-corrected chi connectivity index (χ3v) is 4.28. The molecule has 0 amide bonds. The van der Waals surface area contributed by atoms with Crippen LogP contribution in [-0.4, -0.2) is 4.92 Å². The zero-order valence-corrected chi connectivity index (χ0v) is 13.0. The van der Waals surface area contributed by atoms with Crippen LogP contribution in [-0.2, 0) is 6.54 Å². The van der Waals surface area contributed by atoms with Gasteiger partial charge in [-0.25, -0.2) is 0 Å². The van der Waals surface area contributed by atoms with E-state index in [0.29, 0.717) is 11.0 Å². The Hall–Kier alpha value is -1.88. The normalized spacial score (nSPS) is 14.0. The third kappa shape index (κ3) is 3.42. The van der Waals surface area contributed by atoms with Crippen LogP contribution in [0.3, 0.4) is 0 Å². The summed E-state index contributed by atoms with van der Waals surface area (Å²) >= 11 is 3.23. The van der Waals surface area contributed by atoms with Gasteiger partial charge in [0.25, 0.3) is 5.69 Å². The van der Waals surface area contributed by atoms with Crippen LogP contribution in [0.5, 0.6) is 0 Å². The number of halogens is 1. The molecule has 1 fully saturated rings. The minimum absolute atomic E-state index is 0.0799. The molecule has 1 saturated carbocycles. The highest BCUT2D eigenvalue weighted by molar-refractivity contribution is 9.10. The van der Waals surface area contributed by atoms with E-state index in [-0.39, 0.29) is 5.69 Å². The van der Waals surface area contributed by atoms with Crippen LogP contribution in [0.2, 0.25) is 0 Å². The summed E-state index contributed by atoms with van der Waals surface area (Å²) in [7, 11) is 0. The van der Waals surface area contributed by atoms with Crippen molar-refractivity contribution in [1.82, 2.24) is 0 Å². The first-order valence-corrected chi connectivity index (χ1v) is 7.69. The average Bonchev–Trinajstić information content (AvgIpc) is 3.30. The van der Waals surface area contributed by atoms with Crippen molar-refractivity contribution in [2.75, 3.05) is 5.32 Å². The molecule has 0 aromatic heterocycles. The molecule has 0 unspecified atom stereocenters. The van der Waals surface area contributed by atoms with E-state index in [0.717, 1.165) is 11.6 Å². The van der Waals surface area contributed by atoms with Gasteiger partial charge in [0.1, 0.15) is 0 Å². The van der Waals surface area contributed by atoms with Crippen molar-refractivity contribution in [3.63, 3.8) is 0 Å². The van der Waals surface area contributed by atoms with Gasteiger partial charge in [-0.3, -0.25) is 10.1 Å². The van der Waals surface area contributed by atoms with E-state index >= 15 is 0 Å². The zero-order chi connectivity index (χ0) is 14.8. The van der Waals surface area contributed by atoms with Crippen molar-refractivity contribution in [3.05, 3.63) is 68.2 Å². The molecule has 0 aliphatic heterocycles. The van der Waals surface area contributed by atoms with Gasteiger partial charge in [0.05, 0.1) is 9.40 Å². The summed E-state index contributed by atoms with van der Waals surface area (Å²) in [4.78, 5) is 10.4. The molecule has 2 aromatic carbocycles. The Morgan fingerprint density at radius 1 is 1.24 bits per heavy atom. The number of nitrogens with one attached hydrogen (secondary N) is 1. The van der Waals surface area contributed by atoms with Crippen LogP contribution in [0.15, 0.2) is 46.9 Å². The van der Waals surface area contributed by atoms with Crippen molar-refractivity contribution in [2.45, 2.75) is 25.3 Å². The van der Waals surface area contributed by atoms with Crippen molar-refractivity contribution < 1.29 is 4.92 Å². The Balaban J connectivity index is 1.68. The Labute approximate surface area is 131 Å². The summed E-state index contributed by atoms with van der Waals surface area (Å²) in [6.45, 7) is 0.713. The molecular weight excluding hydrogens is 332 g/mol. The highest BCUT2D eigenvalue weighted by atomic mass is 79.9. The first-order chi connectivity index (χ1) is 10.1. The van der Waals surface area contributed by atoms with Crippen LogP contribution in [0.25, 0.3) is 0 Å². The van der Waals surface area contributed by atoms with Gasteiger partial charge in [-0.15, -0.1) is 0 Å². The minimum atomic E-state index is -0.396. The average molecular weight is 347 g/mol. The number of anilines is 1. The van der Waals surface area contributed by atoms with Gasteiger partial charge in [-0.2, -0.15) is 0 Å². The Morgan fingerprint density at radius 2 is 2.05 bits per heavy atom. The van der Waals surface area contributed by atoms with Gasteiger partial charge in [-0.05, 0) is 57.9 Å². The fraction of sp³-hybridized carbons (Fsp3) is 0.250. The van der Waals surface area contributed by atoms with Gasteiger partial charge in [0.15, 0.2) is 0 Å². The topological polar surface area (TPSA) is 55.2 Å². The zero-order valence-electron chi connectivity index (χ0n) is 11.4. The summed E-state index contributed by atoms with van der Waals surface area (Å²) in [6, 6.07) is 13.6. The van der Waals surface area contributed by atoms with Crippen molar-refractivity contribution in [1.29, 1.82) is 0 Å². The number of rotatable bonds is 5. The predicted molar refractivity (Wildman–Crippen MR) is 86.5 cm³/mol. The first-order valence-electron chi connectivity index (χ1n) is 6.90. The first kappa shape index (κ1) is 14.1. The van der Waals surface area contributed by atoms with Crippen molar-refractivity contribution in [2.24, 2.45) is 0 Å². The maximum absolute atomic E-state index is 10.8. The van der Waals surface area contributed by atoms with Gasteiger partial charge in [-0.1, -0.05) is 24.3 Å². The highest BCUT2D eigenvalue weighted by Crippen LogP contribution is 2.40. The van der Waals surface area contributed by atoms with Gasteiger partial charge in [0, 0.05) is 18.3 Å². The van der Waals surface area contributed by atoms with Crippen LogP contribution in [0, 0.1) is 10.1 Å². The minimum Gasteiger partial charge on any atom is -0.381 e. The number of nitro benzene ring substituents is 1. The quantitative estimate of drug-likeness (QED) is 0.622. The smallest absolute Gasteiger partial charge is 0.283 e. The molecule has 0 saturated heterocycles. The molecular formula is C16H15BrN2O2.